The summed E-state index contributed by atoms with van der Waals surface area (Å²) in [5.41, 5.74) is 2.11. The van der Waals surface area contributed by atoms with E-state index in [9.17, 15) is 14.0 Å². The van der Waals surface area contributed by atoms with Crippen LogP contribution in [0, 0.1) is 5.82 Å². The van der Waals surface area contributed by atoms with Crippen molar-refractivity contribution in [3.8, 4) is 0 Å². The number of H-pyrrole nitrogens is 1. The molecule has 1 amide bonds. The maximum absolute atomic E-state index is 13.2. The monoisotopic (exact) mass is 395 g/mol. The van der Waals surface area contributed by atoms with Crippen LogP contribution in [0.25, 0.3) is 10.9 Å². The van der Waals surface area contributed by atoms with Crippen molar-refractivity contribution in [2.45, 2.75) is 19.4 Å². The number of halogens is 1. The highest BCUT2D eigenvalue weighted by Crippen LogP contribution is 2.13. The molecule has 5 nitrogen and oxygen atoms in total. The van der Waals surface area contributed by atoms with Crippen LogP contribution in [0.4, 0.5) is 4.39 Å². The number of fused-ring (bicyclic) bond motifs is 1. The van der Waals surface area contributed by atoms with Gasteiger partial charge in [0.2, 0.25) is 5.91 Å². The number of para-hydroxylation sites is 1. The number of carbonyl (C=O) groups is 1. The Morgan fingerprint density at radius 1 is 1.03 bits per heavy atom. The van der Waals surface area contributed by atoms with Crippen LogP contribution < -0.4 is 5.56 Å². The number of benzene rings is 2. The minimum Gasteiger partial charge on any atom is -0.337 e. The van der Waals surface area contributed by atoms with Gasteiger partial charge in [0.05, 0.1) is 0 Å². The molecule has 0 bridgehead atoms. The zero-order valence-corrected chi connectivity index (χ0v) is 16.8. The number of aryl methyl sites for hydroxylation is 1. The molecule has 0 atom stereocenters. The third-order valence-corrected chi connectivity index (χ3v) is 4.90. The Morgan fingerprint density at radius 3 is 2.48 bits per heavy atom. The van der Waals surface area contributed by atoms with E-state index in [1.54, 1.807) is 17.0 Å². The molecular formula is C23H26FN3O2. The van der Waals surface area contributed by atoms with Crippen LogP contribution in [0.15, 0.2) is 59.4 Å². The van der Waals surface area contributed by atoms with Gasteiger partial charge in [0, 0.05) is 37.1 Å². The number of aromatic amines is 1. The second-order valence-electron chi connectivity index (χ2n) is 7.46. The lowest BCUT2D eigenvalue weighted by Gasteiger charge is -2.24. The minimum atomic E-state index is -0.296. The highest BCUT2D eigenvalue weighted by molar-refractivity contribution is 5.79. The average molecular weight is 395 g/mol. The Bertz CT molecular complexity index is 1030. The largest absolute Gasteiger partial charge is 0.337 e. The number of amides is 1. The van der Waals surface area contributed by atoms with E-state index in [4.69, 9.17) is 0 Å². The molecule has 152 valence electrons. The zero-order valence-electron chi connectivity index (χ0n) is 16.8. The first-order valence-corrected chi connectivity index (χ1v) is 9.70. The van der Waals surface area contributed by atoms with E-state index in [2.05, 4.69) is 4.98 Å². The smallest absolute Gasteiger partial charge is 0.251 e. The number of hydrogen-bond acceptors (Lipinski definition) is 3. The van der Waals surface area contributed by atoms with Crippen molar-refractivity contribution in [1.82, 2.24) is 14.8 Å². The topological polar surface area (TPSA) is 56.4 Å². The Hall–Kier alpha value is -2.99. The first kappa shape index (κ1) is 20.7. The number of hydrogen-bond donors (Lipinski definition) is 1. The number of aromatic nitrogens is 1. The van der Waals surface area contributed by atoms with E-state index in [0.717, 1.165) is 23.0 Å². The van der Waals surface area contributed by atoms with Gasteiger partial charge in [0.1, 0.15) is 5.82 Å². The van der Waals surface area contributed by atoms with E-state index >= 15 is 0 Å². The Kier molecular flexibility index (Phi) is 6.77. The molecule has 0 saturated carbocycles. The van der Waals surface area contributed by atoms with Crippen molar-refractivity contribution in [1.29, 1.82) is 0 Å². The van der Waals surface area contributed by atoms with Crippen LogP contribution in [-0.4, -0.2) is 47.9 Å². The van der Waals surface area contributed by atoms with Gasteiger partial charge < -0.3 is 14.8 Å². The summed E-state index contributed by atoms with van der Waals surface area (Å²) in [4.78, 5) is 31.9. The highest BCUT2D eigenvalue weighted by atomic mass is 19.1. The number of pyridine rings is 1. The van der Waals surface area contributed by atoms with Crippen LogP contribution in [0.1, 0.15) is 17.5 Å². The molecular weight excluding hydrogens is 369 g/mol. The summed E-state index contributed by atoms with van der Waals surface area (Å²) in [6.45, 7) is 1.71. The first-order chi connectivity index (χ1) is 13.9. The van der Waals surface area contributed by atoms with Crippen molar-refractivity contribution >= 4 is 16.8 Å². The van der Waals surface area contributed by atoms with Gasteiger partial charge in [-0.1, -0.05) is 30.3 Å². The lowest BCUT2D eigenvalue weighted by Crippen LogP contribution is -2.36. The maximum Gasteiger partial charge on any atom is 0.251 e. The van der Waals surface area contributed by atoms with Crippen molar-refractivity contribution in [3.63, 3.8) is 0 Å². The van der Waals surface area contributed by atoms with Crippen LogP contribution in [-0.2, 0) is 17.8 Å². The Balaban J connectivity index is 1.71. The molecule has 3 aromatic rings. The van der Waals surface area contributed by atoms with Gasteiger partial charge in [-0.25, -0.2) is 4.39 Å². The molecule has 0 radical (unpaired) electrons. The zero-order chi connectivity index (χ0) is 20.8. The van der Waals surface area contributed by atoms with Crippen LogP contribution in [0.2, 0.25) is 0 Å². The second kappa shape index (κ2) is 9.47. The van der Waals surface area contributed by atoms with Crippen molar-refractivity contribution in [3.05, 3.63) is 81.9 Å². The predicted octanol–water partition coefficient (Wildman–Crippen LogP) is 3.19. The fourth-order valence-electron chi connectivity index (χ4n) is 3.20. The number of carbonyl (C=O) groups excluding carboxylic acids is 1. The fraction of sp³-hybridized carbons (Fsp3) is 0.304. The van der Waals surface area contributed by atoms with Crippen LogP contribution in [0.3, 0.4) is 0 Å². The maximum atomic E-state index is 13.2. The minimum absolute atomic E-state index is 0.0243. The van der Waals surface area contributed by atoms with Crippen molar-refractivity contribution in [2.75, 3.05) is 27.2 Å². The van der Waals surface area contributed by atoms with E-state index in [-0.39, 0.29) is 23.7 Å². The molecule has 2 aromatic carbocycles. The molecule has 0 aliphatic heterocycles. The van der Waals surface area contributed by atoms with Gasteiger partial charge in [-0.3, -0.25) is 9.59 Å². The van der Waals surface area contributed by atoms with Gasteiger partial charge in [-0.05, 0) is 55.7 Å². The first-order valence-electron chi connectivity index (χ1n) is 9.70. The highest BCUT2D eigenvalue weighted by Gasteiger charge is 2.15. The van der Waals surface area contributed by atoms with E-state index < -0.39 is 0 Å². The quantitative estimate of drug-likeness (QED) is 0.637. The van der Waals surface area contributed by atoms with Gasteiger partial charge in [0.25, 0.3) is 5.56 Å². The third-order valence-electron chi connectivity index (χ3n) is 4.90. The molecule has 0 aliphatic carbocycles. The molecule has 1 aromatic heterocycles. The van der Waals surface area contributed by atoms with Crippen LogP contribution >= 0.6 is 0 Å². The number of likely N-dealkylation sites (N-methyl/N-ethyl adjacent to an activating group) is 1. The molecule has 0 aliphatic rings. The SMILES string of the molecule is CN(C)CCN(Cc1ccc(F)cc1)C(=O)CCc1cc2ccccc2[nH]c1=O. The summed E-state index contributed by atoms with van der Waals surface area (Å²) in [6, 6.07) is 15.6. The third kappa shape index (κ3) is 5.74. The molecule has 0 saturated heterocycles. The summed E-state index contributed by atoms with van der Waals surface area (Å²) in [5.74, 6) is -0.320. The number of nitrogens with one attached hydrogen (secondary N) is 1. The molecule has 29 heavy (non-hydrogen) atoms. The summed E-state index contributed by atoms with van der Waals surface area (Å²) in [7, 11) is 3.91. The Labute approximate surface area is 169 Å². The fourth-order valence-corrected chi connectivity index (χ4v) is 3.20. The average Bonchev–Trinajstić information content (AvgIpc) is 2.70. The van der Waals surface area contributed by atoms with E-state index in [0.29, 0.717) is 25.1 Å². The molecule has 3 rings (SSSR count). The van der Waals surface area contributed by atoms with Gasteiger partial charge in [0.15, 0.2) is 0 Å². The lowest BCUT2D eigenvalue weighted by molar-refractivity contribution is -0.132. The normalized spacial score (nSPS) is 11.2. The van der Waals surface area contributed by atoms with Gasteiger partial charge >= 0.3 is 0 Å². The summed E-state index contributed by atoms with van der Waals surface area (Å²) in [6.07, 6.45) is 0.622. The summed E-state index contributed by atoms with van der Waals surface area (Å²) >= 11 is 0. The van der Waals surface area contributed by atoms with Crippen molar-refractivity contribution in [2.24, 2.45) is 0 Å². The molecule has 6 heteroatoms. The lowest BCUT2D eigenvalue weighted by atomic mass is 10.1. The molecule has 1 N–H and O–H groups in total. The van der Waals surface area contributed by atoms with Gasteiger partial charge in [-0.2, -0.15) is 0 Å². The summed E-state index contributed by atoms with van der Waals surface area (Å²) < 4.78 is 13.2. The van der Waals surface area contributed by atoms with E-state index in [1.807, 2.05) is 49.3 Å². The van der Waals surface area contributed by atoms with E-state index in [1.165, 1.54) is 12.1 Å². The molecule has 0 unspecified atom stereocenters. The molecule has 1 heterocycles. The second-order valence-corrected chi connectivity index (χ2v) is 7.46. The van der Waals surface area contributed by atoms with Crippen molar-refractivity contribution < 1.29 is 9.18 Å². The van der Waals surface area contributed by atoms with Crippen LogP contribution in [0.5, 0.6) is 0 Å². The predicted molar refractivity (Wildman–Crippen MR) is 113 cm³/mol. The Morgan fingerprint density at radius 2 is 1.76 bits per heavy atom. The molecule has 0 fully saturated rings. The molecule has 0 spiro atoms. The van der Waals surface area contributed by atoms with Gasteiger partial charge in [-0.15, -0.1) is 0 Å². The summed E-state index contributed by atoms with van der Waals surface area (Å²) in [5, 5.41) is 0.949. The number of rotatable bonds is 8. The number of nitrogens with zero attached hydrogens (tertiary/aromatic N) is 2. The standard InChI is InChI=1S/C23H26FN3O2/c1-26(2)13-14-27(16-17-7-10-20(24)11-8-17)22(28)12-9-19-15-18-5-3-4-6-21(18)25-23(19)29/h3-8,10-11,15H,9,12-14,16H2,1-2H3,(H,25,29).